The number of aromatic nitrogens is 1. The standard InChI is InChI=1S/C11H17N3O5S2/c15-10(16)3-1-2-9-8-20-11(12-9)13-21(17,18)14-4-6-19-7-5-14/h8H,1-7H2,(H,12,13)(H,15,16). The van der Waals surface area contributed by atoms with Crippen LogP contribution in [0.1, 0.15) is 18.5 Å². The quantitative estimate of drug-likeness (QED) is 0.753. The first-order valence-corrected chi connectivity index (χ1v) is 8.81. The summed E-state index contributed by atoms with van der Waals surface area (Å²) in [7, 11) is -3.60. The fourth-order valence-electron chi connectivity index (χ4n) is 1.85. The van der Waals surface area contributed by atoms with Crippen molar-refractivity contribution in [3.05, 3.63) is 11.1 Å². The molecule has 0 bridgehead atoms. The highest BCUT2D eigenvalue weighted by Crippen LogP contribution is 2.19. The van der Waals surface area contributed by atoms with Crippen molar-refractivity contribution >= 4 is 32.6 Å². The molecule has 1 saturated heterocycles. The Balaban J connectivity index is 1.90. The van der Waals surface area contributed by atoms with Gasteiger partial charge in [0.2, 0.25) is 0 Å². The molecule has 0 spiro atoms. The largest absolute Gasteiger partial charge is 0.481 e. The van der Waals surface area contributed by atoms with Gasteiger partial charge in [-0.3, -0.25) is 4.79 Å². The van der Waals surface area contributed by atoms with Gasteiger partial charge in [0.15, 0.2) is 5.13 Å². The van der Waals surface area contributed by atoms with Crippen molar-refractivity contribution in [3.8, 4) is 0 Å². The molecular formula is C11H17N3O5S2. The van der Waals surface area contributed by atoms with E-state index in [0.717, 1.165) is 0 Å². The molecule has 118 valence electrons. The number of ether oxygens (including phenoxy) is 1. The normalized spacial score (nSPS) is 16.8. The van der Waals surface area contributed by atoms with Gasteiger partial charge in [-0.2, -0.15) is 12.7 Å². The van der Waals surface area contributed by atoms with Gasteiger partial charge in [0.1, 0.15) is 0 Å². The summed E-state index contributed by atoms with van der Waals surface area (Å²) in [6.07, 6.45) is 1.07. The Morgan fingerprint density at radius 1 is 1.48 bits per heavy atom. The van der Waals surface area contributed by atoms with Crippen LogP contribution < -0.4 is 4.72 Å². The average Bonchev–Trinajstić information content (AvgIpc) is 2.86. The van der Waals surface area contributed by atoms with Gasteiger partial charge in [-0.05, 0) is 12.8 Å². The second kappa shape index (κ2) is 7.16. The number of morpholine rings is 1. The SMILES string of the molecule is O=C(O)CCCc1csc(NS(=O)(=O)N2CCOCC2)n1. The average molecular weight is 335 g/mol. The molecule has 2 N–H and O–H groups in total. The van der Waals surface area contributed by atoms with E-state index in [4.69, 9.17) is 9.84 Å². The lowest BCUT2D eigenvalue weighted by Crippen LogP contribution is -2.43. The van der Waals surface area contributed by atoms with Crippen LogP contribution in [0.5, 0.6) is 0 Å². The van der Waals surface area contributed by atoms with Gasteiger partial charge in [-0.1, -0.05) is 0 Å². The summed E-state index contributed by atoms with van der Waals surface area (Å²) in [6, 6.07) is 0. The van der Waals surface area contributed by atoms with Crippen molar-refractivity contribution in [1.82, 2.24) is 9.29 Å². The molecule has 2 heterocycles. The first-order valence-electron chi connectivity index (χ1n) is 6.49. The van der Waals surface area contributed by atoms with E-state index in [1.807, 2.05) is 0 Å². The van der Waals surface area contributed by atoms with Crippen LogP contribution in [0.15, 0.2) is 5.38 Å². The maximum absolute atomic E-state index is 12.1. The number of hydrogen-bond donors (Lipinski definition) is 2. The molecule has 0 saturated carbocycles. The van der Waals surface area contributed by atoms with Crippen LogP contribution in [0.2, 0.25) is 0 Å². The van der Waals surface area contributed by atoms with E-state index in [9.17, 15) is 13.2 Å². The third-order valence-corrected chi connectivity index (χ3v) is 5.33. The molecule has 1 fully saturated rings. The Bertz CT molecular complexity index is 580. The van der Waals surface area contributed by atoms with Gasteiger partial charge in [-0.25, -0.2) is 9.71 Å². The third-order valence-electron chi connectivity index (χ3n) is 2.90. The molecule has 0 amide bonds. The van der Waals surface area contributed by atoms with Crippen LogP contribution in [-0.2, 0) is 26.2 Å². The minimum Gasteiger partial charge on any atom is -0.481 e. The molecule has 0 aromatic carbocycles. The van der Waals surface area contributed by atoms with Gasteiger partial charge in [-0.15, -0.1) is 11.3 Å². The van der Waals surface area contributed by atoms with E-state index in [0.29, 0.717) is 50.0 Å². The number of carboxylic acid groups (broad SMARTS) is 1. The molecule has 1 aliphatic rings. The van der Waals surface area contributed by atoms with Crippen molar-refractivity contribution < 1.29 is 23.1 Å². The van der Waals surface area contributed by atoms with E-state index in [2.05, 4.69) is 9.71 Å². The van der Waals surface area contributed by atoms with Crippen molar-refractivity contribution in [1.29, 1.82) is 0 Å². The van der Waals surface area contributed by atoms with Crippen LogP contribution in [0, 0.1) is 0 Å². The Labute approximate surface area is 126 Å². The van der Waals surface area contributed by atoms with Gasteiger partial charge in [0, 0.05) is 24.9 Å². The van der Waals surface area contributed by atoms with Crippen LogP contribution in [0.4, 0.5) is 5.13 Å². The van der Waals surface area contributed by atoms with Gasteiger partial charge in [0.25, 0.3) is 0 Å². The molecule has 0 atom stereocenters. The zero-order valence-corrected chi connectivity index (χ0v) is 13.0. The van der Waals surface area contributed by atoms with Gasteiger partial charge in [0.05, 0.1) is 18.9 Å². The Hall–Kier alpha value is -1.23. The minimum atomic E-state index is -3.60. The zero-order valence-electron chi connectivity index (χ0n) is 11.3. The molecule has 0 unspecified atom stereocenters. The van der Waals surface area contributed by atoms with Gasteiger partial charge < -0.3 is 9.84 Å². The number of nitrogens with zero attached hydrogens (tertiary/aromatic N) is 2. The number of carbonyl (C=O) groups is 1. The van der Waals surface area contributed by atoms with E-state index in [1.54, 1.807) is 5.38 Å². The molecule has 0 radical (unpaired) electrons. The summed E-state index contributed by atoms with van der Waals surface area (Å²) >= 11 is 1.19. The minimum absolute atomic E-state index is 0.0758. The molecule has 1 aromatic rings. The van der Waals surface area contributed by atoms with Crippen LogP contribution in [-0.4, -0.2) is 55.1 Å². The second-order valence-electron chi connectivity index (χ2n) is 4.51. The maximum atomic E-state index is 12.1. The molecular weight excluding hydrogens is 318 g/mol. The summed E-state index contributed by atoms with van der Waals surface area (Å²) in [5.74, 6) is -0.849. The lowest BCUT2D eigenvalue weighted by molar-refractivity contribution is -0.137. The first kappa shape index (κ1) is 16.1. The number of hydrogen-bond acceptors (Lipinski definition) is 6. The predicted molar refractivity (Wildman–Crippen MR) is 77.6 cm³/mol. The van der Waals surface area contributed by atoms with Gasteiger partial charge >= 0.3 is 16.2 Å². The number of carboxylic acids is 1. The van der Waals surface area contributed by atoms with Crippen LogP contribution >= 0.6 is 11.3 Å². The highest BCUT2D eigenvalue weighted by atomic mass is 32.2. The Morgan fingerprint density at radius 2 is 2.19 bits per heavy atom. The van der Waals surface area contributed by atoms with Crippen molar-refractivity contribution in [3.63, 3.8) is 0 Å². The Morgan fingerprint density at radius 3 is 2.86 bits per heavy atom. The molecule has 0 aliphatic carbocycles. The highest BCUT2D eigenvalue weighted by Gasteiger charge is 2.25. The summed E-state index contributed by atoms with van der Waals surface area (Å²) in [6.45, 7) is 1.43. The zero-order chi connectivity index (χ0) is 15.3. The number of nitrogens with one attached hydrogen (secondary N) is 1. The topological polar surface area (TPSA) is 109 Å². The summed E-state index contributed by atoms with van der Waals surface area (Å²) in [5, 5.41) is 10.6. The van der Waals surface area contributed by atoms with E-state index in [-0.39, 0.29) is 6.42 Å². The highest BCUT2D eigenvalue weighted by molar-refractivity contribution is 7.90. The predicted octanol–water partition coefficient (Wildman–Crippen LogP) is 0.539. The monoisotopic (exact) mass is 335 g/mol. The molecule has 21 heavy (non-hydrogen) atoms. The van der Waals surface area contributed by atoms with Crippen molar-refractivity contribution in [2.45, 2.75) is 19.3 Å². The van der Waals surface area contributed by atoms with Crippen LogP contribution in [0.25, 0.3) is 0 Å². The molecule has 8 nitrogen and oxygen atoms in total. The fourth-order valence-corrected chi connectivity index (χ4v) is 3.97. The second-order valence-corrected chi connectivity index (χ2v) is 7.04. The van der Waals surface area contributed by atoms with E-state index in [1.165, 1.54) is 15.6 Å². The summed E-state index contributed by atoms with van der Waals surface area (Å²) in [5.41, 5.74) is 0.695. The van der Waals surface area contributed by atoms with Crippen LogP contribution in [0.3, 0.4) is 0 Å². The van der Waals surface area contributed by atoms with Crippen molar-refractivity contribution in [2.24, 2.45) is 0 Å². The summed E-state index contributed by atoms with van der Waals surface area (Å²) in [4.78, 5) is 14.6. The van der Waals surface area contributed by atoms with E-state index >= 15 is 0 Å². The van der Waals surface area contributed by atoms with Crippen molar-refractivity contribution in [2.75, 3.05) is 31.0 Å². The molecule has 1 aromatic heterocycles. The van der Waals surface area contributed by atoms with E-state index < -0.39 is 16.2 Å². The number of aryl methyl sites for hydroxylation is 1. The number of rotatable bonds is 7. The smallest absolute Gasteiger partial charge is 0.303 e. The lowest BCUT2D eigenvalue weighted by Gasteiger charge is -2.25. The molecule has 2 rings (SSSR count). The lowest BCUT2D eigenvalue weighted by atomic mass is 10.2. The third kappa shape index (κ3) is 4.92. The molecule has 10 heteroatoms. The fraction of sp³-hybridized carbons (Fsp3) is 0.636. The number of thiazole rings is 1. The molecule has 1 aliphatic heterocycles. The number of aliphatic carboxylic acids is 1. The first-order chi connectivity index (χ1) is 9.97. The maximum Gasteiger partial charge on any atom is 0.303 e. The Kier molecular flexibility index (Phi) is 5.51. The summed E-state index contributed by atoms with van der Waals surface area (Å²) < 4.78 is 33.1. The number of anilines is 1.